The van der Waals surface area contributed by atoms with Gasteiger partial charge in [0.25, 0.3) is 0 Å². The van der Waals surface area contributed by atoms with Crippen LogP contribution in [-0.4, -0.2) is 60.0 Å². The summed E-state index contributed by atoms with van der Waals surface area (Å²) in [7, 11) is 0. The van der Waals surface area contributed by atoms with Crippen LogP contribution >= 0.6 is 0 Å². The summed E-state index contributed by atoms with van der Waals surface area (Å²) in [6, 6.07) is 8.25. The molecule has 0 unspecified atom stereocenters. The standard InChI is InChI=1S/C26H36N2O6/c1-18-22(27-24(34-18)20-5-7-21(8-6-20)26(2,3)4)11-16-33-25(31)28-13-9-19(10-14-28)17-32-15-12-23(29)30/h5-8,19H,9-17H2,1-4H3,(H,29,30). The lowest BCUT2D eigenvalue weighted by molar-refractivity contribution is -0.138. The van der Waals surface area contributed by atoms with Gasteiger partial charge in [-0.3, -0.25) is 4.79 Å². The van der Waals surface area contributed by atoms with E-state index in [-0.39, 0.29) is 31.1 Å². The van der Waals surface area contributed by atoms with E-state index in [9.17, 15) is 9.59 Å². The lowest BCUT2D eigenvalue weighted by Gasteiger charge is -2.31. The van der Waals surface area contributed by atoms with Crippen molar-refractivity contribution in [1.82, 2.24) is 9.88 Å². The van der Waals surface area contributed by atoms with E-state index in [4.69, 9.17) is 19.0 Å². The average molecular weight is 473 g/mol. The molecule has 34 heavy (non-hydrogen) atoms. The predicted molar refractivity (Wildman–Crippen MR) is 128 cm³/mol. The second-order valence-electron chi connectivity index (χ2n) is 9.86. The molecular weight excluding hydrogens is 436 g/mol. The van der Waals surface area contributed by atoms with Crippen molar-refractivity contribution in [3.63, 3.8) is 0 Å². The fraction of sp³-hybridized carbons (Fsp3) is 0.577. The van der Waals surface area contributed by atoms with Crippen molar-refractivity contribution in [3.05, 3.63) is 41.3 Å². The topological polar surface area (TPSA) is 102 Å². The van der Waals surface area contributed by atoms with Crippen LogP contribution in [0.2, 0.25) is 0 Å². The van der Waals surface area contributed by atoms with Crippen molar-refractivity contribution in [1.29, 1.82) is 0 Å². The molecule has 1 N–H and O–H groups in total. The van der Waals surface area contributed by atoms with Crippen molar-refractivity contribution < 1.29 is 28.6 Å². The van der Waals surface area contributed by atoms with Crippen LogP contribution in [0.3, 0.4) is 0 Å². The second-order valence-corrected chi connectivity index (χ2v) is 9.86. The molecule has 0 saturated carbocycles. The Morgan fingerprint density at radius 3 is 2.44 bits per heavy atom. The van der Waals surface area contributed by atoms with E-state index in [1.807, 2.05) is 19.1 Å². The van der Waals surface area contributed by atoms with Gasteiger partial charge in [0.1, 0.15) is 5.76 Å². The summed E-state index contributed by atoms with van der Waals surface area (Å²) < 4.78 is 16.8. The zero-order chi connectivity index (χ0) is 24.7. The number of oxazole rings is 1. The van der Waals surface area contributed by atoms with Gasteiger partial charge in [-0.1, -0.05) is 32.9 Å². The number of carbonyl (C=O) groups is 2. The first kappa shape index (κ1) is 25.7. The number of likely N-dealkylation sites (tertiary alicyclic amines) is 1. The summed E-state index contributed by atoms with van der Waals surface area (Å²) >= 11 is 0. The SMILES string of the molecule is Cc1oc(-c2ccc(C(C)(C)C)cc2)nc1CCOC(=O)N1CCC(COCCC(=O)O)CC1. The summed E-state index contributed by atoms with van der Waals surface area (Å²) in [5.74, 6) is 0.789. The minimum atomic E-state index is -0.857. The average Bonchev–Trinajstić information content (AvgIpc) is 3.17. The number of carboxylic acids is 1. The third-order valence-corrected chi connectivity index (χ3v) is 6.14. The molecule has 0 spiro atoms. The zero-order valence-corrected chi connectivity index (χ0v) is 20.6. The highest BCUT2D eigenvalue weighted by molar-refractivity contribution is 5.67. The van der Waals surface area contributed by atoms with Gasteiger partial charge in [0, 0.05) is 31.7 Å². The Hall–Kier alpha value is -2.87. The van der Waals surface area contributed by atoms with Crippen LogP contribution in [0.1, 0.15) is 57.1 Å². The van der Waals surface area contributed by atoms with E-state index in [2.05, 4.69) is 37.9 Å². The molecule has 1 amide bonds. The highest BCUT2D eigenvalue weighted by Gasteiger charge is 2.24. The van der Waals surface area contributed by atoms with Crippen LogP contribution in [0, 0.1) is 12.8 Å². The van der Waals surface area contributed by atoms with E-state index in [0.717, 1.165) is 29.9 Å². The predicted octanol–water partition coefficient (Wildman–Crippen LogP) is 4.83. The molecule has 1 aromatic heterocycles. The number of carboxylic acid groups (broad SMARTS) is 1. The number of aryl methyl sites for hydroxylation is 1. The van der Waals surface area contributed by atoms with Crippen LogP contribution < -0.4 is 0 Å². The van der Waals surface area contributed by atoms with Gasteiger partial charge in [-0.25, -0.2) is 9.78 Å². The molecule has 1 aliphatic rings. The van der Waals surface area contributed by atoms with E-state index in [0.29, 0.717) is 37.9 Å². The molecule has 0 radical (unpaired) electrons. The van der Waals surface area contributed by atoms with Crippen LogP contribution in [0.4, 0.5) is 4.79 Å². The Balaban J connectivity index is 1.41. The largest absolute Gasteiger partial charge is 0.481 e. The van der Waals surface area contributed by atoms with E-state index >= 15 is 0 Å². The molecule has 1 fully saturated rings. The van der Waals surface area contributed by atoms with Crippen LogP contribution in [-0.2, 0) is 26.1 Å². The minimum absolute atomic E-state index is 0.0150. The maximum absolute atomic E-state index is 12.4. The van der Waals surface area contributed by atoms with E-state index in [1.165, 1.54) is 5.56 Å². The quantitative estimate of drug-likeness (QED) is 0.522. The van der Waals surface area contributed by atoms with Gasteiger partial charge in [0.15, 0.2) is 0 Å². The number of piperidine rings is 1. The molecule has 1 saturated heterocycles. The highest BCUT2D eigenvalue weighted by atomic mass is 16.6. The number of nitrogens with zero attached hydrogens (tertiary/aromatic N) is 2. The molecule has 0 aliphatic carbocycles. The van der Waals surface area contributed by atoms with Crippen molar-refractivity contribution in [2.24, 2.45) is 5.92 Å². The zero-order valence-electron chi connectivity index (χ0n) is 20.6. The molecule has 8 nitrogen and oxygen atoms in total. The lowest BCUT2D eigenvalue weighted by Crippen LogP contribution is -2.40. The number of carbonyl (C=O) groups excluding carboxylic acids is 1. The highest BCUT2D eigenvalue weighted by Crippen LogP contribution is 2.27. The van der Waals surface area contributed by atoms with Gasteiger partial charge in [-0.2, -0.15) is 0 Å². The normalized spacial score (nSPS) is 14.9. The fourth-order valence-electron chi connectivity index (χ4n) is 3.91. The minimum Gasteiger partial charge on any atom is -0.481 e. The summed E-state index contributed by atoms with van der Waals surface area (Å²) in [5.41, 5.74) is 3.06. The molecule has 1 aromatic carbocycles. The first-order chi connectivity index (χ1) is 16.1. The molecule has 1 aliphatic heterocycles. The summed E-state index contributed by atoms with van der Waals surface area (Å²) in [4.78, 5) is 29.3. The maximum atomic E-state index is 12.4. The van der Waals surface area contributed by atoms with Gasteiger partial charge in [0.05, 0.1) is 25.3 Å². The number of rotatable bonds is 9. The summed E-state index contributed by atoms with van der Waals surface area (Å²) in [6.45, 7) is 10.6. The van der Waals surface area contributed by atoms with Gasteiger partial charge in [-0.05, 0) is 48.8 Å². The van der Waals surface area contributed by atoms with Crippen LogP contribution in [0.25, 0.3) is 11.5 Å². The third-order valence-electron chi connectivity index (χ3n) is 6.14. The molecule has 0 bridgehead atoms. The smallest absolute Gasteiger partial charge is 0.409 e. The molecular formula is C26H36N2O6. The van der Waals surface area contributed by atoms with Crippen LogP contribution in [0.5, 0.6) is 0 Å². The first-order valence-electron chi connectivity index (χ1n) is 11.9. The van der Waals surface area contributed by atoms with Gasteiger partial charge in [0.2, 0.25) is 5.89 Å². The Bertz CT molecular complexity index is 953. The molecule has 3 rings (SSSR count). The lowest BCUT2D eigenvalue weighted by atomic mass is 9.87. The van der Waals surface area contributed by atoms with Crippen LogP contribution in [0.15, 0.2) is 28.7 Å². The molecule has 0 atom stereocenters. The van der Waals surface area contributed by atoms with Gasteiger partial charge in [-0.15, -0.1) is 0 Å². The molecule has 186 valence electrons. The van der Waals surface area contributed by atoms with Crippen molar-refractivity contribution in [3.8, 4) is 11.5 Å². The second kappa shape index (κ2) is 11.5. The Kier molecular flexibility index (Phi) is 8.72. The Labute approximate surface area is 201 Å². The molecule has 8 heteroatoms. The number of ether oxygens (including phenoxy) is 2. The summed E-state index contributed by atoms with van der Waals surface area (Å²) in [6.07, 6.45) is 1.84. The number of hydrogen-bond donors (Lipinski definition) is 1. The maximum Gasteiger partial charge on any atom is 0.409 e. The Morgan fingerprint density at radius 1 is 1.15 bits per heavy atom. The monoisotopic (exact) mass is 472 g/mol. The number of aromatic nitrogens is 1. The Morgan fingerprint density at radius 2 is 1.82 bits per heavy atom. The van der Waals surface area contributed by atoms with Crippen molar-refractivity contribution >= 4 is 12.1 Å². The molecule has 2 aromatic rings. The first-order valence-corrected chi connectivity index (χ1v) is 11.9. The van der Waals surface area contributed by atoms with E-state index < -0.39 is 5.97 Å². The van der Waals surface area contributed by atoms with Crippen molar-refractivity contribution in [2.75, 3.05) is 32.9 Å². The number of aliphatic carboxylic acids is 1. The third kappa shape index (κ3) is 7.32. The van der Waals surface area contributed by atoms with Gasteiger partial charge < -0.3 is 23.9 Å². The number of amides is 1. The number of benzene rings is 1. The number of hydrogen-bond acceptors (Lipinski definition) is 6. The molecule has 2 heterocycles. The van der Waals surface area contributed by atoms with E-state index in [1.54, 1.807) is 4.90 Å². The summed E-state index contributed by atoms with van der Waals surface area (Å²) in [5, 5.41) is 8.64. The van der Waals surface area contributed by atoms with Crippen molar-refractivity contribution in [2.45, 2.75) is 58.8 Å². The van der Waals surface area contributed by atoms with Gasteiger partial charge >= 0.3 is 12.1 Å². The fourth-order valence-corrected chi connectivity index (χ4v) is 3.91.